The molecule has 0 unspecified atom stereocenters. The molecule has 5 nitrogen and oxygen atoms in total. The molecular weight excluding hydrogens is 363 g/mol. The first-order chi connectivity index (χ1) is 12.0. The molecule has 25 heavy (non-hydrogen) atoms. The summed E-state index contributed by atoms with van der Waals surface area (Å²) in [4.78, 5) is 14.5. The second kappa shape index (κ2) is 8.12. The molecule has 0 spiro atoms. The first-order valence-corrected chi connectivity index (χ1v) is 9.59. The largest absolute Gasteiger partial charge is 0.508 e. The highest BCUT2D eigenvalue weighted by atomic mass is 35.5. The van der Waals surface area contributed by atoms with Crippen molar-refractivity contribution in [2.75, 3.05) is 26.2 Å². The van der Waals surface area contributed by atoms with Crippen LogP contribution in [0.4, 0.5) is 0 Å². The number of aromatic hydroxyl groups is 1. The molecule has 0 saturated carbocycles. The Bertz CT molecular complexity index is 635. The number of carbonyl (C=O) groups excluding carboxylic acids is 1. The zero-order valence-corrected chi connectivity index (χ0v) is 15.6. The van der Waals surface area contributed by atoms with Crippen LogP contribution in [0.5, 0.6) is 5.75 Å². The standard InChI is InChI=1S/C18H24Cl2N2O3/c19-13-3-4-14(23)15(16(13)20)17(24)11-2-1-8-22(9-6-11)18(25)12-5-7-21-10-12/h3-4,11-12,17,21,23-24H,1-2,5-10H2/t11-,12-,17+/m0/s1. The Labute approximate surface area is 157 Å². The predicted octanol–water partition coefficient (Wildman–Crippen LogP) is 2.97. The van der Waals surface area contributed by atoms with Crippen molar-refractivity contribution in [1.29, 1.82) is 0 Å². The molecule has 2 aliphatic rings. The van der Waals surface area contributed by atoms with Crippen molar-refractivity contribution in [2.24, 2.45) is 11.8 Å². The summed E-state index contributed by atoms with van der Waals surface area (Å²) >= 11 is 12.2. The number of amides is 1. The van der Waals surface area contributed by atoms with E-state index in [0.717, 1.165) is 32.4 Å². The SMILES string of the molecule is O=C([C@H]1CCNC1)N1CCC[C@H]([C@@H](O)c2c(O)ccc(Cl)c2Cl)CC1. The molecule has 1 amide bonds. The third-order valence-electron chi connectivity index (χ3n) is 5.35. The third-order valence-corrected chi connectivity index (χ3v) is 6.16. The Hall–Kier alpha value is -1.01. The van der Waals surface area contributed by atoms with Crippen LogP contribution in [0.3, 0.4) is 0 Å². The first-order valence-electron chi connectivity index (χ1n) is 8.83. The van der Waals surface area contributed by atoms with Crippen molar-refractivity contribution in [2.45, 2.75) is 31.8 Å². The molecule has 3 atom stereocenters. The van der Waals surface area contributed by atoms with E-state index in [-0.39, 0.29) is 28.5 Å². The number of aliphatic hydroxyl groups is 1. The molecule has 2 aliphatic heterocycles. The summed E-state index contributed by atoms with van der Waals surface area (Å²) in [6.45, 7) is 3.00. The molecule has 138 valence electrons. The molecule has 1 aromatic carbocycles. The summed E-state index contributed by atoms with van der Waals surface area (Å²) < 4.78 is 0. The average Bonchev–Trinajstić information content (AvgIpc) is 3.02. The Balaban J connectivity index is 1.68. The van der Waals surface area contributed by atoms with Crippen LogP contribution in [0, 0.1) is 11.8 Å². The first kappa shape index (κ1) is 18.8. The van der Waals surface area contributed by atoms with Gasteiger partial charge in [0.15, 0.2) is 0 Å². The van der Waals surface area contributed by atoms with Gasteiger partial charge in [-0.1, -0.05) is 23.2 Å². The van der Waals surface area contributed by atoms with Crippen molar-refractivity contribution < 1.29 is 15.0 Å². The molecule has 0 aliphatic carbocycles. The summed E-state index contributed by atoms with van der Waals surface area (Å²) in [7, 11) is 0. The van der Waals surface area contributed by atoms with Crippen LogP contribution in [0.2, 0.25) is 10.0 Å². The van der Waals surface area contributed by atoms with Crippen molar-refractivity contribution in [3.05, 3.63) is 27.7 Å². The van der Waals surface area contributed by atoms with Crippen molar-refractivity contribution >= 4 is 29.1 Å². The van der Waals surface area contributed by atoms with E-state index in [1.54, 1.807) is 0 Å². The number of likely N-dealkylation sites (tertiary alicyclic amines) is 1. The third kappa shape index (κ3) is 4.05. The zero-order chi connectivity index (χ0) is 18.0. The van der Waals surface area contributed by atoms with Crippen molar-refractivity contribution in [3.8, 4) is 5.75 Å². The molecule has 0 radical (unpaired) electrons. The smallest absolute Gasteiger partial charge is 0.227 e. The lowest BCUT2D eigenvalue weighted by Gasteiger charge is -2.25. The number of nitrogens with one attached hydrogen (secondary N) is 1. The monoisotopic (exact) mass is 386 g/mol. The minimum Gasteiger partial charge on any atom is -0.508 e. The number of aliphatic hydroxyl groups excluding tert-OH is 1. The van der Waals surface area contributed by atoms with E-state index in [9.17, 15) is 15.0 Å². The van der Waals surface area contributed by atoms with Crippen LogP contribution in [-0.2, 0) is 4.79 Å². The highest BCUT2D eigenvalue weighted by Gasteiger charge is 2.32. The molecule has 3 N–H and O–H groups in total. The van der Waals surface area contributed by atoms with Crippen molar-refractivity contribution in [1.82, 2.24) is 10.2 Å². The normalized spacial score (nSPS) is 25.6. The van der Waals surface area contributed by atoms with E-state index in [4.69, 9.17) is 23.2 Å². The Morgan fingerprint density at radius 3 is 2.76 bits per heavy atom. The molecule has 2 heterocycles. The van der Waals surface area contributed by atoms with E-state index in [2.05, 4.69) is 5.32 Å². The summed E-state index contributed by atoms with van der Waals surface area (Å²) in [6, 6.07) is 2.96. The fourth-order valence-corrected chi connectivity index (χ4v) is 4.29. The van der Waals surface area contributed by atoms with Gasteiger partial charge in [0.05, 0.1) is 22.1 Å². The molecule has 0 bridgehead atoms. The summed E-state index contributed by atoms with van der Waals surface area (Å²) in [5.74, 6) is 0.175. The zero-order valence-electron chi connectivity index (χ0n) is 14.0. The maximum Gasteiger partial charge on any atom is 0.227 e. The minimum absolute atomic E-state index is 0.0453. The highest BCUT2D eigenvalue weighted by Crippen LogP contribution is 2.41. The minimum atomic E-state index is -0.894. The molecule has 2 fully saturated rings. The quantitative estimate of drug-likeness (QED) is 0.746. The number of hydrogen-bond donors (Lipinski definition) is 3. The lowest BCUT2D eigenvalue weighted by molar-refractivity contribution is -0.134. The number of phenolic OH excluding ortho intramolecular Hbond substituents is 1. The maximum absolute atomic E-state index is 12.6. The number of phenols is 1. The lowest BCUT2D eigenvalue weighted by Crippen LogP contribution is -2.37. The van der Waals surface area contributed by atoms with Crippen molar-refractivity contribution in [3.63, 3.8) is 0 Å². The summed E-state index contributed by atoms with van der Waals surface area (Å²) in [6.07, 6.45) is 2.28. The van der Waals surface area contributed by atoms with Crippen LogP contribution in [0.1, 0.15) is 37.4 Å². The van der Waals surface area contributed by atoms with Gasteiger partial charge < -0.3 is 20.4 Å². The fourth-order valence-electron chi connectivity index (χ4n) is 3.86. The topological polar surface area (TPSA) is 72.8 Å². The van der Waals surface area contributed by atoms with Gasteiger partial charge in [-0.2, -0.15) is 0 Å². The van der Waals surface area contributed by atoms with Gasteiger partial charge in [0.25, 0.3) is 0 Å². The second-order valence-corrected chi connectivity index (χ2v) is 7.73. The molecule has 1 aromatic rings. The average molecular weight is 387 g/mol. The molecule has 2 saturated heterocycles. The Morgan fingerprint density at radius 1 is 1.24 bits per heavy atom. The van der Waals surface area contributed by atoms with Gasteiger partial charge in [-0.15, -0.1) is 0 Å². The Morgan fingerprint density at radius 2 is 2.04 bits per heavy atom. The van der Waals surface area contributed by atoms with Crippen LogP contribution < -0.4 is 5.32 Å². The molecule has 3 rings (SSSR count). The number of carbonyl (C=O) groups is 1. The molecule has 7 heteroatoms. The van der Waals surface area contributed by atoms with Gasteiger partial charge in [0.1, 0.15) is 5.75 Å². The van der Waals surface area contributed by atoms with Crippen LogP contribution >= 0.6 is 23.2 Å². The number of benzene rings is 1. The van der Waals surface area contributed by atoms with E-state index in [1.165, 1.54) is 12.1 Å². The van der Waals surface area contributed by atoms with E-state index in [1.807, 2.05) is 4.90 Å². The second-order valence-electron chi connectivity index (χ2n) is 6.94. The predicted molar refractivity (Wildman–Crippen MR) is 98.0 cm³/mol. The maximum atomic E-state index is 12.6. The number of rotatable bonds is 3. The number of nitrogens with zero attached hydrogens (tertiary/aromatic N) is 1. The Kier molecular flexibility index (Phi) is 6.10. The van der Waals surface area contributed by atoms with Crippen LogP contribution in [-0.4, -0.2) is 47.2 Å². The molecular formula is C18H24Cl2N2O3. The summed E-state index contributed by atoms with van der Waals surface area (Å²) in [5, 5.41) is 24.6. The van der Waals surface area contributed by atoms with Gasteiger partial charge >= 0.3 is 0 Å². The van der Waals surface area contributed by atoms with Gasteiger partial charge in [-0.25, -0.2) is 0 Å². The number of halogens is 2. The summed E-state index contributed by atoms with van der Waals surface area (Å²) in [5.41, 5.74) is 0.291. The van der Waals surface area contributed by atoms with Crippen LogP contribution in [0.25, 0.3) is 0 Å². The fraction of sp³-hybridized carbons (Fsp3) is 0.611. The van der Waals surface area contributed by atoms with Gasteiger partial charge in [0.2, 0.25) is 5.91 Å². The lowest BCUT2D eigenvalue weighted by atomic mass is 9.89. The highest BCUT2D eigenvalue weighted by molar-refractivity contribution is 6.42. The van der Waals surface area contributed by atoms with Gasteiger partial charge in [0, 0.05) is 25.2 Å². The van der Waals surface area contributed by atoms with E-state index >= 15 is 0 Å². The number of hydrogen-bond acceptors (Lipinski definition) is 4. The van der Waals surface area contributed by atoms with Crippen LogP contribution in [0.15, 0.2) is 12.1 Å². The molecule has 0 aromatic heterocycles. The van der Waals surface area contributed by atoms with E-state index < -0.39 is 6.10 Å². The van der Waals surface area contributed by atoms with Gasteiger partial charge in [-0.3, -0.25) is 4.79 Å². The van der Waals surface area contributed by atoms with Gasteiger partial charge in [-0.05, 0) is 50.3 Å². The van der Waals surface area contributed by atoms with E-state index in [0.29, 0.717) is 30.1 Å².